The van der Waals surface area contributed by atoms with Gasteiger partial charge in [0.2, 0.25) is 0 Å². The van der Waals surface area contributed by atoms with Gasteiger partial charge in [0.25, 0.3) is 11.8 Å². The highest BCUT2D eigenvalue weighted by atomic mass is 16.5. The normalized spacial score (nSPS) is 10.0. The molecule has 0 aliphatic heterocycles. The van der Waals surface area contributed by atoms with E-state index in [-0.39, 0.29) is 22.7 Å². The SMILES string of the molecule is N#Cc1cnn(-c2ccccc2)c1NC(=O)COC(=O)c1ccccc1OCC(N)=O. The van der Waals surface area contributed by atoms with E-state index < -0.39 is 31.0 Å². The number of hydrogen-bond acceptors (Lipinski definition) is 7. The topological polar surface area (TPSA) is 149 Å². The molecule has 10 nitrogen and oxygen atoms in total. The van der Waals surface area contributed by atoms with E-state index in [0.29, 0.717) is 5.69 Å². The van der Waals surface area contributed by atoms with Gasteiger partial charge in [0.05, 0.1) is 11.9 Å². The number of nitrogens with zero attached hydrogens (tertiary/aromatic N) is 3. The number of para-hydroxylation sites is 2. The molecule has 0 spiro atoms. The summed E-state index contributed by atoms with van der Waals surface area (Å²) in [5.74, 6) is -1.95. The summed E-state index contributed by atoms with van der Waals surface area (Å²) in [5.41, 5.74) is 5.86. The monoisotopic (exact) mass is 419 g/mol. The Morgan fingerprint density at radius 3 is 2.48 bits per heavy atom. The van der Waals surface area contributed by atoms with E-state index in [4.69, 9.17) is 15.2 Å². The number of nitriles is 1. The maximum atomic E-state index is 12.4. The van der Waals surface area contributed by atoms with Gasteiger partial charge in [0.1, 0.15) is 22.9 Å². The highest BCUT2D eigenvalue weighted by Crippen LogP contribution is 2.21. The number of rotatable bonds is 8. The first-order valence-electron chi connectivity index (χ1n) is 9.00. The van der Waals surface area contributed by atoms with Crippen molar-refractivity contribution < 1.29 is 23.9 Å². The Morgan fingerprint density at radius 2 is 1.77 bits per heavy atom. The van der Waals surface area contributed by atoms with Gasteiger partial charge in [-0.15, -0.1) is 0 Å². The number of carbonyl (C=O) groups is 3. The molecule has 156 valence electrons. The van der Waals surface area contributed by atoms with Crippen LogP contribution in [0.2, 0.25) is 0 Å². The zero-order valence-corrected chi connectivity index (χ0v) is 16.1. The fourth-order valence-corrected chi connectivity index (χ4v) is 2.60. The number of anilines is 1. The number of aromatic nitrogens is 2. The van der Waals surface area contributed by atoms with Crippen molar-refractivity contribution in [1.29, 1.82) is 5.26 Å². The quantitative estimate of drug-likeness (QED) is 0.524. The first kappa shape index (κ1) is 21.1. The Labute approximate surface area is 176 Å². The average molecular weight is 419 g/mol. The van der Waals surface area contributed by atoms with E-state index in [1.807, 2.05) is 12.1 Å². The number of esters is 1. The van der Waals surface area contributed by atoms with Gasteiger partial charge in [-0.25, -0.2) is 9.48 Å². The Balaban J connectivity index is 1.68. The Bertz CT molecular complexity index is 1150. The lowest BCUT2D eigenvalue weighted by atomic mass is 10.2. The fraction of sp³-hybridized carbons (Fsp3) is 0.0952. The molecule has 0 aliphatic carbocycles. The second kappa shape index (κ2) is 9.71. The van der Waals surface area contributed by atoms with Crippen LogP contribution in [0.3, 0.4) is 0 Å². The van der Waals surface area contributed by atoms with Crippen molar-refractivity contribution in [1.82, 2.24) is 9.78 Å². The molecule has 0 atom stereocenters. The fourth-order valence-electron chi connectivity index (χ4n) is 2.60. The third kappa shape index (κ3) is 5.24. The molecule has 0 saturated heterocycles. The summed E-state index contributed by atoms with van der Waals surface area (Å²) < 4.78 is 11.6. The maximum Gasteiger partial charge on any atom is 0.342 e. The summed E-state index contributed by atoms with van der Waals surface area (Å²) in [6.07, 6.45) is 1.32. The van der Waals surface area contributed by atoms with Crippen LogP contribution in [0.4, 0.5) is 5.82 Å². The van der Waals surface area contributed by atoms with Crippen LogP contribution in [0.1, 0.15) is 15.9 Å². The second-order valence-corrected chi connectivity index (χ2v) is 6.14. The van der Waals surface area contributed by atoms with Gasteiger partial charge in [0.15, 0.2) is 19.0 Å². The van der Waals surface area contributed by atoms with Crippen molar-refractivity contribution in [2.75, 3.05) is 18.5 Å². The largest absolute Gasteiger partial charge is 0.483 e. The minimum Gasteiger partial charge on any atom is -0.483 e. The Morgan fingerprint density at radius 1 is 1.06 bits per heavy atom. The predicted molar refractivity (Wildman–Crippen MR) is 108 cm³/mol. The summed E-state index contributed by atoms with van der Waals surface area (Å²) in [7, 11) is 0. The lowest BCUT2D eigenvalue weighted by molar-refractivity contribution is -0.120. The molecule has 2 amide bonds. The molecule has 3 N–H and O–H groups in total. The number of benzene rings is 2. The molecule has 3 aromatic rings. The van der Waals surface area contributed by atoms with Crippen LogP contribution in [-0.2, 0) is 14.3 Å². The minimum atomic E-state index is -0.827. The molecule has 0 aliphatic rings. The molecule has 1 aromatic heterocycles. The number of primary amides is 1. The maximum absolute atomic E-state index is 12.4. The van der Waals surface area contributed by atoms with Gasteiger partial charge >= 0.3 is 5.97 Å². The van der Waals surface area contributed by atoms with Gasteiger partial charge in [-0.2, -0.15) is 10.4 Å². The van der Waals surface area contributed by atoms with Crippen LogP contribution in [-0.4, -0.2) is 40.8 Å². The van der Waals surface area contributed by atoms with Crippen molar-refractivity contribution in [3.05, 3.63) is 71.9 Å². The number of nitrogens with one attached hydrogen (secondary N) is 1. The molecule has 3 rings (SSSR count). The van der Waals surface area contributed by atoms with E-state index >= 15 is 0 Å². The molecule has 0 fully saturated rings. The number of ether oxygens (including phenoxy) is 2. The summed E-state index contributed by atoms with van der Waals surface area (Å²) >= 11 is 0. The van der Waals surface area contributed by atoms with Gasteiger partial charge in [-0.05, 0) is 24.3 Å². The van der Waals surface area contributed by atoms with Crippen LogP contribution >= 0.6 is 0 Å². The van der Waals surface area contributed by atoms with E-state index in [1.165, 1.54) is 23.0 Å². The van der Waals surface area contributed by atoms with Crippen LogP contribution in [0, 0.1) is 11.3 Å². The average Bonchev–Trinajstić information content (AvgIpc) is 3.19. The second-order valence-electron chi connectivity index (χ2n) is 6.14. The molecule has 1 heterocycles. The third-order valence-electron chi connectivity index (χ3n) is 3.96. The Kier molecular flexibility index (Phi) is 6.60. The molecule has 31 heavy (non-hydrogen) atoms. The number of nitrogens with two attached hydrogens (primary N) is 1. The Hall–Kier alpha value is -4.65. The predicted octanol–water partition coefficient (Wildman–Crippen LogP) is 1.40. The van der Waals surface area contributed by atoms with E-state index in [1.54, 1.807) is 36.4 Å². The van der Waals surface area contributed by atoms with Crippen LogP contribution < -0.4 is 15.8 Å². The first-order valence-corrected chi connectivity index (χ1v) is 9.00. The number of amides is 2. The lowest BCUT2D eigenvalue weighted by Gasteiger charge is -2.11. The standard InChI is InChI=1S/C21H17N5O5/c22-10-14-11-24-26(15-6-2-1-3-7-15)20(14)25-19(28)13-31-21(29)16-8-4-5-9-17(16)30-12-18(23)27/h1-9,11H,12-13H2,(H2,23,27)(H,25,28). The molecule has 10 heteroatoms. The van der Waals surface area contributed by atoms with E-state index in [0.717, 1.165) is 0 Å². The van der Waals surface area contributed by atoms with Crippen LogP contribution in [0.5, 0.6) is 5.75 Å². The molecule has 0 saturated carbocycles. The summed E-state index contributed by atoms with van der Waals surface area (Å²) in [5, 5.41) is 15.9. The summed E-state index contributed by atoms with van der Waals surface area (Å²) in [6, 6.07) is 16.9. The molecule has 0 bridgehead atoms. The smallest absolute Gasteiger partial charge is 0.342 e. The summed E-state index contributed by atoms with van der Waals surface area (Å²) in [6.45, 7) is -1.03. The number of hydrogen-bond donors (Lipinski definition) is 2. The molecular weight excluding hydrogens is 402 g/mol. The molecule has 2 aromatic carbocycles. The molecular formula is C21H17N5O5. The minimum absolute atomic E-state index is 0.0311. The zero-order valence-electron chi connectivity index (χ0n) is 16.1. The van der Waals surface area contributed by atoms with Crippen molar-refractivity contribution in [2.24, 2.45) is 5.73 Å². The highest BCUT2D eigenvalue weighted by molar-refractivity contribution is 5.97. The molecule has 0 radical (unpaired) electrons. The first-order chi connectivity index (χ1) is 15.0. The van der Waals surface area contributed by atoms with Gasteiger partial charge < -0.3 is 20.5 Å². The van der Waals surface area contributed by atoms with Crippen molar-refractivity contribution in [2.45, 2.75) is 0 Å². The van der Waals surface area contributed by atoms with E-state index in [9.17, 15) is 19.6 Å². The van der Waals surface area contributed by atoms with Gasteiger partial charge in [-0.1, -0.05) is 30.3 Å². The van der Waals surface area contributed by atoms with E-state index in [2.05, 4.69) is 10.4 Å². The van der Waals surface area contributed by atoms with Crippen molar-refractivity contribution in [3.63, 3.8) is 0 Å². The van der Waals surface area contributed by atoms with Crippen molar-refractivity contribution >= 4 is 23.6 Å². The van der Waals surface area contributed by atoms with Crippen molar-refractivity contribution in [3.8, 4) is 17.5 Å². The number of carbonyl (C=O) groups excluding carboxylic acids is 3. The van der Waals surface area contributed by atoms with Crippen LogP contribution in [0.25, 0.3) is 5.69 Å². The summed E-state index contributed by atoms with van der Waals surface area (Å²) in [4.78, 5) is 35.6. The molecule has 0 unspecified atom stereocenters. The highest BCUT2D eigenvalue weighted by Gasteiger charge is 2.18. The van der Waals surface area contributed by atoms with Gasteiger partial charge in [0, 0.05) is 0 Å². The third-order valence-corrected chi connectivity index (χ3v) is 3.96. The lowest BCUT2D eigenvalue weighted by Crippen LogP contribution is -2.24. The van der Waals surface area contributed by atoms with Crippen LogP contribution in [0.15, 0.2) is 60.8 Å². The van der Waals surface area contributed by atoms with Gasteiger partial charge in [-0.3, -0.25) is 9.59 Å². The zero-order chi connectivity index (χ0) is 22.2.